The molecule has 7 nitrogen and oxygen atoms in total. The van der Waals surface area contributed by atoms with Crippen molar-refractivity contribution in [1.29, 1.82) is 0 Å². The van der Waals surface area contributed by atoms with Crippen LogP contribution in [0.3, 0.4) is 0 Å². The van der Waals surface area contributed by atoms with E-state index < -0.39 is 27.9 Å². The fourth-order valence-electron chi connectivity index (χ4n) is 3.10. The van der Waals surface area contributed by atoms with E-state index in [4.69, 9.17) is 4.74 Å². The second-order valence-electron chi connectivity index (χ2n) is 6.95. The third-order valence-corrected chi connectivity index (χ3v) is 7.01. The third-order valence-electron chi connectivity index (χ3n) is 5.11. The third kappa shape index (κ3) is 4.68. The van der Waals surface area contributed by atoms with E-state index in [1.807, 2.05) is 13.8 Å². The molecular weight excluding hydrogens is 368 g/mol. The van der Waals surface area contributed by atoms with Gasteiger partial charge in [-0.2, -0.15) is 4.31 Å². The van der Waals surface area contributed by atoms with Gasteiger partial charge >= 0.3 is 5.97 Å². The van der Waals surface area contributed by atoms with E-state index in [2.05, 4.69) is 5.32 Å². The van der Waals surface area contributed by atoms with Crippen molar-refractivity contribution < 1.29 is 22.7 Å². The van der Waals surface area contributed by atoms with Gasteiger partial charge in [0.2, 0.25) is 10.0 Å². The van der Waals surface area contributed by atoms with Gasteiger partial charge < -0.3 is 10.1 Å². The van der Waals surface area contributed by atoms with E-state index in [1.54, 1.807) is 13.0 Å². The van der Waals surface area contributed by atoms with Crippen LogP contribution in [0.4, 0.5) is 0 Å². The first-order chi connectivity index (χ1) is 12.7. The number of nitrogens with one attached hydrogen (secondary N) is 1. The average Bonchev–Trinajstić information content (AvgIpc) is 3.20. The number of esters is 1. The van der Waals surface area contributed by atoms with Crippen LogP contribution < -0.4 is 5.32 Å². The highest BCUT2D eigenvalue weighted by atomic mass is 32.2. The monoisotopic (exact) mass is 396 g/mol. The lowest BCUT2D eigenvalue weighted by molar-refractivity contribution is -0.144. The number of ether oxygens (including phenoxy) is 1. The Kier molecular flexibility index (Phi) is 7.00. The predicted molar refractivity (Wildman–Crippen MR) is 102 cm³/mol. The minimum atomic E-state index is -3.62. The SMILES string of the molecule is CC[C@@H](C)[C@@H](NC(=O)c1cc(S(=O)(=O)N2CCCC2)ccc1C)C(=O)OC. The summed E-state index contributed by atoms with van der Waals surface area (Å²) >= 11 is 0. The number of sulfonamides is 1. The summed E-state index contributed by atoms with van der Waals surface area (Å²) in [6, 6.07) is 3.75. The summed E-state index contributed by atoms with van der Waals surface area (Å²) in [6.07, 6.45) is 2.37. The quantitative estimate of drug-likeness (QED) is 0.713. The van der Waals surface area contributed by atoms with Gasteiger partial charge in [-0.15, -0.1) is 0 Å². The molecule has 0 aliphatic carbocycles. The van der Waals surface area contributed by atoms with Gasteiger partial charge in [0, 0.05) is 18.7 Å². The molecule has 1 aliphatic heterocycles. The van der Waals surface area contributed by atoms with Crippen LogP contribution in [0.1, 0.15) is 49.0 Å². The molecule has 2 atom stereocenters. The lowest BCUT2D eigenvalue weighted by Crippen LogP contribution is -2.45. The first-order valence-electron chi connectivity index (χ1n) is 9.21. The molecule has 8 heteroatoms. The molecule has 0 saturated carbocycles. The first kappa shape index (κ1) is 21.4. The zero-order valence-corrected chi connectivity index (χ0v) is 17.1. The number of amides is 1. The van der Waals surface area contributed by atoms with Crippen molar-refractivity contribution in [3.05, 3.63) is 29.3 Å². The summed E-state index contributed by atoms with van der Waals surface area (Å²) in [5.74, 6) is -1.11. The van der Waals surface area contributed by atoms with Gasteiger partial charge in [0.05, 0.1) is 12.0 Å². The molecule has 1 saturated heterocycles. The Morgan fingerprint density at radius 1 is 1.26 bits per heavy atom. The highest BCUT2D eigenvalue weighted by Crippen LogP contribution is 2.23. The van der Waals surface area contributed by atoms with Crippen molar-refractivity contribution in [2.45, 2.75) is 51.0 Å². The Morgan fingerprint density at radius 2 is 1.89 bits per heavy atom. The molecule has 0 aromatic heterocycles. The number of carbonyl (C=O) groups is 2. The van der Waals surface area contributed by atoms with Crippen LogP contribution in [0.2, 0.25) is 0 Å². The molecule has 2 rings (SSSR count). The number of rotatable bonds is 7. The largest absolute Gasteiger partial charge is 0.467 e. The zero-order valence-electron chi connectivity index (χ0n) is 16.3. The highest BCUT2D eigenvalue weighted by molar-refractivity contribution is 7.89. The standard InChI is InChI=1S/C19H28N2O5S/c1-5-13(2)17(19(23)26-4)20-18(22)16-12-15(9-8-14(16)3)27(24,25)21-10-6-7-11-21/h8-9,12-13,17H,5-7,10-11H2,1-4H3,(H,20,22)/t13-,17-/m1/s1. The zero-order chi connectivity index (χ0) is 20.2. The average molecular weight is 397 g/mol. The molecule has 0 radical (unpaired) electrons. The van der Waals surface area contributed by atoms with Gasteiger partial charge in [-0.3, -0.25) is 4.79 Å². The molecule has 1 aliphatic rings. The fourth-order valence-corrected chi connectivity index (χ4v) is 4.64. The molecule has 1 heterocycles. The minimum absolute atomic E-state index is 0.0957. The number of aryl methyl sites for hydroxylation is 1. The van der Waals surface area contributed by atoms with Gasteiger partial charge in [0.25, 0.3) is 5.91 Å². The minimum Gasteiger partial charge on any atom is -0.467 e. The van der Waals surface area contributed by atoms with Crippen molar-refractivity contribution >= 4 is 21.9 Å². The lowest BCUT2D eigenvalue weighted by Gasteiger charge is -2.22. The number of hydrogen-bond acceptors (Lipinski definition) is 5. The highest BCUT2D eigenvalue weighted by Gasteiger charge is 2.30. The molecule has 1 N–H and O–H groups in total. The Labute approximate surface area is 161 Å². The molecule has 0 unspecified atom stereocenters. The summed E-state index contributed by atoms with van der Waals surface area (Å²) in [4.78, 5) is 24.9. The maximum absolute atomic E-state index is 12.8. The molecule has 1 fully saturated rings. The summed E-state index contributed by atoms with van der Waals surface area (Å²) in [6.45, 7) is 6.49. The van der Waals surface area contributed by atoms with E-state index in [0.717, 1.165) is 12.8 Å². The van der Waals surface area contributed by atoms with Crippen LogP contribution in [0.25, 0.3) is 0 Å². The summed E-state index contributed by atoms with van der Waals surface area (Å²) in [5.41, 5.74) is 0.883. The Bertz CT molecular complexity index is 800. The Hall–Kier alpha value is -1.93. The van der Waals surface area contributed by atoms with Crippen molar-refractivity contribution in [1.82, 2.24) is 9.62 Å². The van der Waals surface area contributed by atoms with E-state index in [9.17, 15) is 18.0 Å². The molecule has 1 aromatic carbocycles. The maximum atomic E-state index is 12.8. The Balaban J connectivity index is 2.31. The number of nitrogens with zero attached hydrogens (tertiary/aromatic N) is 1. The van der Waals surface area contributed by atoms with Crippen LogP contribution in [0, 0.1) is 12.8 Å². The molecule has 150 valence electrons. The Morgan fingerprint density at radius 3 is 2.44 bits per heavy atom. The van der Waals surface area contributed by atoms with Crippen LogP contribution >= 0.6 is 0 Å². The topological polar surface area (TPSA) is 92.8 Å². The smallest absolute Gasteiger partial charge is 0.328 e. The first-order valence-corrected chi connectivity index (χ1v) is 10.7. The predicted octanol–water partition coefficient (Wildman–Crippen LogP) is 2.10. The van der Waals surface area contributed by atoms with Gasteiger partial charge in [0.1, 0.15) is 6.04 Å². The van der Waals surface area contributed by atoms with Crippen LogP contribution in [-0.4, -0.2) is 50.8 Å². The maximum Gasteiger partial charge on any atom is 0.328 e. The lowest BCUT2D eigenvalue weighted by atomic mass is 9.98. The molecular formula is C19H28N2O5S. The molecule has 1 aromatic rings. The normalized spacial score (nSPS) is 17.3. The van der Waals surface area contributed by atoms with Gasteiger partial charge in [-0.05, 0) is 43.4 Å². The molecule has 1 amide bonds. The van der Waals surface area contributed by atoms with Gasteiger partial charge in [-0.1, -0.05) is 26.3 Å². The summed E-state index contributed by atoms with van der Waals surface area (Å²) in [5, 5.41) is 2.70. The molecule has 0 spiro atoms. The van der Waals surface area contributed by atoms with Crippen LogP contribution in [-0.2, 0) is 19.6 Å². The van der Waals surface area contributed by atoms with Gasteiger partial charge in [-0.25, -0.2) is 13.2 Å². The van der Waals surface area contributed by atoms with Crippen molar-refractivity contribution in [3.63, 3.8) is 0 Å². The van der Waals surface area contributed by atoms with E-state index in [0.29, 0.717) is 25.1 Å². The number of hydrogen-bond donors (Lipinski definition) is 1. The summed E-state index contributed by atoms with van der Waals surface area (Å²) in [7, 11) is -2.34. The van der Waals surface area contributed by atoms with Crippen molar-refractivity contribution in [2.75, 3.05) is 20.2 Å². The number of benzene rings is 1. The number of methoxy groups -OCH3 is 1. The van der Waals surface area contributed by atoms with E-state index in [1.165, 1.54) is 23.5 Å². The molecule has 27 heavy (non-hydrogen) atoms. The van der Waals surface area contributed by atoms with Gasteiger partial charge in [0.15, 0.2) is 0 Å². The van der Waals surface area contributed by atoms with Crippen LogP contribution in [0.5, 0.6) is 0 Å². The van der Waals surface area contributed by atoms with Crippen molar-refractivity contribution in [2.24, 2.45) is 5.92 Å². The second-order valence-corrected chi connectivity index (χ2v) is 8.89. The fraction of sp³-hybridized carbons (Fsp3) is 0.579. The molecule has 0 bridgehead atoms. The second kappa shape index (κ2) is 8.84. The summed E-state index contributed by atoms with van der Waals surface area (Å²) < 4.78 is 31.8. The number of carbonyl (C=O) groups excluding carboxylic acids is 2. The van der Waals surface area contributed by atoms with Crippen LogP contribution in [0.15, 0.2) is 23.1 Å². The van der Waals surface area contributed by atoms with Crippen molar-refractivity contribution in [3.8, 4) is 0 Å². The van der Waals surface area contributed by atoms with E-state index in [-0.39, 0.29) is 16.4 Å². The van der Waals surface area contributed by atoms with E-state index >= 15 is 0 Å².